The van der Waals surface area contributed by atoms with Crippen LogP contribution in [0.2, 0.25) is 0 Å². The van der Waals surface area contributed by atoms with Crippen molar-refractivity contribution in [3.05, 3.63) is 234 Å². The SMILES string of the molecule is C=C/C=C\c1c(C)oc2c(C3(c4ccccc4)c4ccccc4N(c4ccc(-c5nc(-c6ccccc6)nc(-c6ccccc6)n5)cc4C)c4ccccc43)cccc12. The van der Waals surface area contributed by atoms with Crippen molar-refractivity contribution in [3.63, 3.8) is 0 Å². The first-order valence-corrected chi connectivity index (χ1v) is 19.9. The lowest BCUT2D eigenvalue weighted by Gasteiger charge is -2.46. The molecule has 5 nitrogen and oxygen atoms in total. The van der Waals surface area contributed by atoms with Crippen LogP contribution < -0.4 is 4.90 Å². The van der Waals surface area contributed by atoms with Crippen LogP contribution in [0.15, 0.2) is 199 Å². The predicted octanol–water partition coefficient (Wildman–Crippen LogP) is 13.6. The summed E-state index contributed by atoms with van der Waals surface area (Å²) in [5.41, 5.74) is 12.9. The average Bonchev–Trinajstić information content (AvgIpc) is 3.63. The van der Waals surface area contributed by atoms with E-state index in [2.05, 4.69) is 140 Å². The van der Waals surface area contributed by atoms with E-state index in [1.807, 2.05) is 73.7 Å². The average molecular weight is 761 g/mol. The number of hydrogen-bond donors (Lipinski definition) is 0. The molecule has 0 aliphatic carbocycles. The number of hydrogen-bond acceptors (Lipinski definition) is 5. The zero-order chi connectivity index (χ0) is 39.9. The van der Waals surface area contributed by atoms with Gasteiger partial charge in [0.15, 0.2) is 17.5 Å². The van der Waals surface area contributed by atoms with Crippen LogP contribution in [0.25, 0.3) is 51.2 Å². The molecule has 1 aliphatic rings. The second kappa shape index (κ2) is 14.7. The summed E-state index contributed by atoms with van der Waals surface area (Å²) in [4.78, 5) is 17.4. The smallest absolute Gasteiger partial charge is 0.164 e. The standard InChI is InChI=1S/C54H40N4O/c1-4-5-26-42-37(3)59-50-43(42)27-19-30-46(50)54(41-24-13-8-14-25-41)44-28-15-17-31-48(44)58(49-32-18-16-29-45(49)54)47-34-33-40(35-36(47)2)53-56-51(38-20-9-6-10-21-38)55-52(57-53)39-22-11-7-12-23-39/h4-35H,1H2,2-3H3/b26-5-. The summed E-state index contributed by atoms with van der Waals surface area (Å²) in [7, 11) is 0. The Labute approximate surface area is 344 Å². The van der Waals surface area contributed by atoms with Gasteiger partial charge in [-0.15, -0.1) is 0 Å². The maximum atomic E-state index is 6.80. The molecule has 0 spiro atoms. The number of aromatic nitrogens is 3. The van der Waals surface area contributed by atoms with Crippen molar-refractivity contribution in [3.8, 4) is 34.2 Å². The summed E-state index contributed by atoms with van der Waals surface area (Å²) >= 11 is 0. The first-order chi connectivity index (χ1) is 29.1. The highest BCUT2D eigenvalue weighted by atomic mass is 16.3. The van der Waals surface area contributed by atoms with Crippen molar-refractivity contribution in [1.29, 1.82) is 0 Å². The summed E-state index contributed by atoms with van der Waals surface area (Å²) in [5, 5.41) is 1.07. The van der Waals surface area contributed by atoms with Crippen molar-refractivity contribution in [2.75, 3.05) is 4.90 Å². The minimum absolute atomic E-state index is 0.624. The minimum Gasteiger partial charge on any atom is -0.460 e. The Morgan fingerprint density at radius 1 is 0.525 bits per heavy atom. The lowest BCUT2D eigenvalue weighted by Crippen LogP contribution is -2.38. The van der Waals surface area contributed by atoms with Crippen molar-refractivity contribution < 1.29 is 4.42 Å². The molecule has 0 atom stereocenters. The zero-order valence-corrected chi connectivity index (χ0v) is 32.9. The summed E-state index contributed by atoms with van der Waals surface area (Å²) in [5.74, 6) is 2.77. The molecule has 0 radical (unpaired) electrons. The van der Waals surface area contributed by atoms with Gasteiger partial charge in [-0.2, -0.15) is 0 Å². The summed E-state index contributed by atoms with van der Waals surface area (Å²) in [6, 6.07) is 61.8. The van der Waals surface area contributed by atoms with Crippen LogP contribution in [-0.2, 0) is 5.41 Å². The Hall–Kier alpha value is -7.63. The Bertz CT molecular complexity index is 2940. The lowest BCUT2D eigenvalue weighted by molar-refractivity contribution is 0.566. The number of allylic oxidation sites excluding steroid dienone is 2. The third-order valence-electron chi connectivity index (χ3n) is 11.4. The molecule has 5 heteroatoms. The normalized spacial score (nSPS) is 13.0. The van der Waals surface area contributed by atoms with Crippen molar-refractivity contribution in [1.82, 2.24) is 15.0 Å². The van der Waals surface area contributed by atoms with Gasteiger partial charge in [-0.1, -0.05) is 170 Å². The van der Waals surface area contributed by atoms with Crippen LogP contribution >= 0.6 is 0 Å². The number of para-hydroxylation sites is 3. The minimum atomic E-state index is -0.714. The summed E-state index contributed by atoms with van der Waals surface area (Å²) < 4.78 is 6.80. The van der Waals surface area contributed by atoms with E-state index in [0.717, 1.165) is 83.9 Å². The van der Waals surface area contributed by atoms with E-state index >= 15 is 0 Å². The Morgan fingerprint density at radius 2 is 1.05 bits per heavy atom. The molecule has 9 aromatic rings. The fraction of sp³-hybridized carbons (Fsp3) is 0.0556. The molecule has 0 saturated heterocycles. The van der Waals surface area contributed by atoms with E-state index in [1.165, 1.54) is 0 Å². The summed E-state index contributed by atoms with van der Waals surface area (Å²) in [6.07, 6.45) is 5.86. The first kappa shape index (κ1) is 35.8. The van der Waals surface area contributed by atoms with Gasteiger partial charge in [-0.3, -0.25) is 0 Å². The van der Waals surface area contributed by atoms with Gasteiger partial charge in [0.25, 0.3) is 0 Å². The molecule has 7 aromatic carbocycles. The van der Waals surface area contributed by atoms with Crippen LogP contribution in [0.3, 0.4) is 0 Å². The van der Waals surface area contributed by atoms with Crippen LogP contribution in [0, 0.1) is 13.8 Å². The van der Waals surface area contributed by atoms with Crippen molar-refractivity contribution >= 4 is 34.1 Å². The fourth-order valence-electron chi connectivity index (χ4n) is 8.86. The quantitative estimate of drug-likeness (QED) is 0.144. The first-order valence-electron chi connectivity index (χ1n) is 19.9. The monoisotopic (exact) mass is 760 g/mol. The van der Waals surface area contributed by atoms with E-state index in [9.17, 15) is 0 Å². The maximum absolute atomic E-state index is 6.80. The highest BCUT2D eigenvalue weighted by Crippen LogP contribution is 2.59. The van der Waals surface area contributed by atoms with Gasteiger partial charge in [0.1, 0.15) is 11.3 Å². The van der Waals surface area contributed by atoms with Gasteiger partial charge in [-0.05, 0) is 66.4 Å². The highest BCUT2D eigenvalue weighted by molar-refractivity contribution is 5.97. The van der Waals surface area contributed by atoms with E-state index in [4.69, 9.17) is 19.4 Å². The van der Waals surface area contributed by atoms with E-state index in [0.29, 0.717) is 17.5 Å². The molecule has 282 valence electrons. The second-order valence-electron chi connectivity index (χ2n) is 14.9. The highest BCUT2D eigenvalue weighted by Gasteiger charge is 2.48. The largest absolute Gasteiger partial charge is 0.460 e. The Morgan fingerprint density at radius 3 is 1.63 bits per heavy atom. The topological polar surface area (TPSA) is 55.1 Å². The van der Waals surface area contributed by atoms with E-state index < -0.39 is 5.41 Å². The second-order valence-corrected chi connectivity index (χ2v) is 14.9. The van der Waals surface area contributed by atoms with Gasteiger partial charge in [0, 0.05) is 38.9 Å². The third-order valence-corrected chi connectivity index (χ3v) is 11.4. The number of furan rings is 1. The molecular weight excluding hydrogens is 721 g/mol. The Balaban J connectivity index is 1.18. The molecule has 0 bridgehead atoms. The maximum Gasteiger partial charge on any atom is 0.164 e. The van der Waals surface area contributed by atoms with Crippen LogP contribution in [0.4, 0.5) is 17.1 Å². The molecule has 0 N–H and O–H groups in total. The van der Waals surface area contributed by atoms with E-state index in [-0.39, 0.29) is 0 Å². The molecule has 2 aromatic heterocycles. The number of fused-ring (bicyclic) bond motifs is 3. The zero-order valence-electron chi connectivity index (χ0n) is 32.9. The molecule has 0 saturated carbocycles. The fourth-order valence-corrected chi connectivity index (χ4v) is 8.86. The molecule has 10 rings (SSSR count). The molecule has 3 heterocycles. The number of rotatable bonds is 8. The number of nitrogens with zero attached hydrogens (tertiary/aromatic N) is 4. The molecule has 0 fully saturated rings. The van der Waals surface area contributed by atoms with Gasteiger partial charge < -0.3 is 9.32 Å². The predicted molar refractivity (Wildman–Crippen MR) is 241 cm³/mol. The molecule has 59 heavy (non-hydrogen) atoms. The number of benzene rings is 7. The molecule has 0 unspecified atom stereocenters. The van der Waals surface area contributed by atoms with Crippen LogP contribution in [0.1, 0.15) is 39.1 Å². The van der Waals surface area contributed by atoms with Crippen molar-refractivity contribution in [2.24, 2.45) is 0 Å². The molecule has 1 aliphatic heterocycles. The van der Waals surface area contributed by atoms with Gasteiger partial charge in [0.05, 0.1) is 16.8 Å². The summed E-state index contributed by atoms with van der Waals surface area (Å²) in [6.45, 7) is 8.13. The van der Waals surface area contributed by atoms with Crippen LogP contribution in [-0.4, -0.2) is 15.0 Å². The van der Waals surface area contributed by atoms with Gasteiger partial charge in [-0.25, -0.2) is 15.0 Å². The lowest BCUT2D eigenvalue weighted by atomic mass is 9.62. The number of aryl methyl sites for hydroxylation is 2. The van der Waals surface area contributed by atoms with Gasteiger partial charge in [0.2, 0.25) is 0 Å². The third kappa shape index (κ3) is 5.90. The van der Waals surface area contributed by atoms with E-state index in [1.54, 1.807) is 6.08 Å². The molecule has 0 amide bonds. The number of anilines is 3. The van der Waals surface area contributed by atoms with Crippen LogP contribution in [0.5, 0.6) is 0 Å². The Kier molecular flexibility index (Phi) is 8.91. The van der Waals surface area contributed by atoms with Crippen molar-refractivity contribution in [2.45, 2.75) is 19.3 Å². The molecular formula is C54H40N4O. The van der Waals surface area contributed by atoms with Gasteiger partial charge >= 0.3 is 0 Å².